The van der Waals surface area contributed by atoms with Crippen LogP contribution in [0.1, 0.15) is 22.1 Å². The lowest BCUT2D eigenvalue weighted by molar-refractivity contribution is -0.115. The zero-order chi connectivity index (χ0) is 19.9. The molecule has 1 heterocycles. The van der Waals surface area contributed by atoms with E-state index in [0.717, 1.165) is 0 Å². The largest absolute Gasteiger partial charge is 0.495 e. The van der Waals surface area contributed by atoms with Crippen LogP contribution in [-0.2, 0) is 17.8 Å². The van der Waals surface area contributed by atoms with Gasteiger partial charge in [-0.15, -0.1) is 0 Å². The van der Waals surface area contributed by atoms with Crippen LogP contribution in [0.2, 0.25) is 0 Å². The van der Waals surface area contributed by atoms with Gasteiger partial charge in [0.2, 0.25) is 5.91 Å². The van der Waals surface area contributed by atoms with Gasteiger partial charge in [0.25, 0.3) is 0 Å². The molecule has 0 radical (unpaired) electrons. The molecule has 3 rings (SSSR count). The van der Waals surface area contributed by atoms with Crippen molar-refractivity contribution >= 4 is 17.5 Å². The topological polar surface area (TPSA) is 106 Å². The first-order valence-corrected chi connectivity index (χ1v) is 8.33. The Labute approximate surface area is 159 Å². The van der Waals surface area contributed by atoms with Crippen molar-refractivity contribution < 1.29 is 23.2 Å². The normalized spacial score (nSPS) is 10.4. The van der Waals surface area contributed by atoms with Gasteiger partial charge in [0.1, 0.15) is 11.6 Å². The maximum atomic E-state index is 13.1. The number of nitrogens with zero attached hydrogens (tertiary/aromatic N) is 2. The van der Waals surface area contributed by atoms with Crippen LogP contribution in [0.15, 0.2) is 53.1 Å². The molecule has 144 valence electrons. The number of benzene rings is 2. The van der Waals surface area contributed by atoms with Crippen molar-refractivity contribution in [3.63, 3.8) is 0 Å². The SMILES string of the molecule is COc1ccccc1NC(=O)Cc1noc(C(=O)NCc2cccc(F)c2)n1. The minimum absolute atomic E-state index is 0.0586. The van der Waals surface area contributed by atoms with E-state index >= 15 is 0 Å². The van der Waals surface area contributed by atoms with Crippen LogP contribution < -0.4 is 15.4 Å². The second-order valence-electron chi connectivity index (χ2n) is 5.75. The molecule has 0 aliphatic rings. The van der Waals surface area contributed by atoms with E-state index in [2.05, 4.69) is 20.8 Å². The van der Waals surface area contributed by atoms with Crippen LogP contribution in [0.5, 0.6) is 5.75 Å². The number of aromatic nitrogens is 2. The van der Waals surface area contributed by atoms with Crippen LogP contribution >= 0.6 is 0 Å². The van der Waals surface area contributed by atoms with Gasteiger partial charge in [-0.2, -0.15) is 4.98 Å². The molecule has 0 unspecified atom stereocenters. The summed E-state index contributed by atoms with van der Waals surface area (Å²) >= 11 is 0. The van der Waals surface area contributed by atoms with Gasteiger partial charge < -0.3 is 19.9 Å². The third-order valence-electron chi connectivity index (χ3n) is 3.70. The zero-order valence-corrected chi connectivity index (χ0v) is 14.9. The van der Waals surface area contributed by atoms with Gasteiger partial charge in [0.15, 0.2) is 5.82 Å². The van der Waals surface area contributed by atoms with Gasteiger partial charge in [0.05, 0.1) is 19.2 Å². The highest BCUT2D eigenvalue weighted by atomic mass is 19.1. The Balaban J connectivity index is 1.55. The molecule has 3 aromatic rings. The van der Waals surface area contributed by atoms with Crippen molar-refractivity contribution in [3.05, 3.63) is 71.6 Å². The van der Waals surface area contributed by atoms with E-state index in [1.165, 1.54) is 19.2 Å². The molecule has 2 amide bonds. The highest BCUT2D eigenvalue weighted by molar-refractivity contribution is 5.93. The van der Waals surface area contributed by atoms with Crippen molar-refractivity contribution in [1.82, 2.24) is 15.5 Å². The van der Waals surface area contributed by atoms with Gasteiger partial charge in [-0.3, -0.25) is 9.59 Å². The summed E-state index contributed by atoms with van der Waals surface area (Å²) in [5.74, 6) is -1.11. The molecule has 28 heavy (non-hydrogen) atoms. The second-order valence-corrected chi connectivity index (χ2v) is 5.75. The number of nitrogens with one attached hydrogen (secondary N) is 2. The fourth-order valence-electron chi connectivity index (χ4n) is 2.41. The van der Waals surface area contributed by atoms with E-state index in [9.17, 15) is 14.0 Å². The Kier molecular flexibility index (Phi) is 5.95. The molecular weight excluding hydrogens is 367 g/mol. The number of methoxy groups -OCH3 is 1. The molecule has 0 spiro atoms. The fourth-order valence-corrected chi connectivity index (χ4v) is 2.41. The average Bonchev–Trinajstić information content (AvgIpc) is 3.15. The fraction of sp³-hybridized carbons (Fsp3) is 0.158. The number of hydrogen-bond donors (Lipinski definition) is 2. The first kappa shape index (κ1) is 19.0. The lowest BCUT2D eigenvalue weighted by Gasteiger charge is -2.08. The van der Waals surface area contributed by atoms with Crippen molar-refractivity contribution in [2.75, 3.05) is 12.4 Å². The van der Waals surface area contributed by atoms with Crippen LogP contribution in [0.3, 0.4) is 0 Å². The number of carbonyl (C=O) groups is 2. The molecule has 1 aromatic heterocycles. The molecule has 2 aromatic carbocycles. The predicted octanol–water partition coefficient (Wildman–Crippen LogP) is 2.33. The van der Waals surface area contributed by atoms with Crippen molar-refractivity contribution in [2.45, 2.75) is 13.0 Å². The van der Waals surface area contributed by atoms with E-state index in [4.69, 9.17) is 9.26 Å². The van der Waals surface area contributed by atoms with Crippen molar-refractivity contribution in [1.29, 1.82) is 0 Å². The summed E-state index contributed by atoms with van der Waals surface area (Å²) in [5.41, 5.74) is 1.09. The third kappa shape index (κ3) is 4.91. The Morgan fingerprint density at radius 3 is 2.79 bits per heavy atom. The Morgan fingerprint density at radius 1 is 1.18 bits per heavy atom. The molecule has 0 aliphatic heterocycles. The second kappa shape index (κ2) is 8.76. The maximum absolute atomic E-state index is 13.1. The summed E-state index contributed by atoms with van der Waals surface area (Å²) in [5, 5.41) is 8.86. The van der Waals surface area contributed by atoms with Crippen molar-refractivity contribution in [3.8, 4) is 5.75 Å². The van der Waals surface area contributed by atoms with Gasteiger partial charge in [-0.1, -0.05) is 29.4 Å². The lowest BCUT2D eigenvalue weighted by atomic mass is 10.2. The van der Waals surface area contributed by atoms with Crippen LogP contribution in [-0.4, -0.2) is 29.1 Å². The molecule has 0 aliphatic carbocycles. The first-order chi connectivity index (χ1) is 13.5. The third-order valence-corrected chi connectivity index (χ3v) is 3.70. The molecule has 0 fully saturated rings. The number of halogens is 1. The smallest absolute Gasteiger partial charge is 0.315 e. The number of para-hydroxylation sites is 2. The highest BCUT2D eigenvalue weighted by Gasteiger charge is 2.17. The van der Waals surface area contributed by atoms with Crippen molar-refractivity contribution in [2.24, 2.45) is 0 Å². The molecule has 2 N–H and O–H groups in total. The van der Waals surface area contributed by atoms with Crippen LogP contribution in [0, 0.1) is 5.82 Å². The summed E-state index contributed by atoms with van der Waals surface area (Å²) in [6.07, 6.45) is -0.182. The van der Waals surface area contributed by atoms with E-state index in [1.807, 2.05) is 0 Å². The molecule has 0 saturated heterocycles. The summed E-state index contributed by atoms with van der Waals surface area (Å²) in [6, 6.07) is 12.8. The molecule has 8 nitrogen and oxygen atoms in total. The number of anilines is 1. The molecule has 0 saturated carbocycles. The summed E-state index contributed by atoms with van der Waals surface area (Å²) < 4.78 is 23.2. The lowest BCUT2D eigenvalue weighted by Crippen LogP contribution is -2.23. The number of rotatable bonds is 7. The summed E-state index contributed by atoms with van der Waals surface area (Å²) in [7, 11) is 1.50. The highest BCUT2D eigenvalue weighted by Crippen LogP contribution is 2.23. The summed E-state index contributed by atoms with van der Waals surface area (Å²) in [4.78, 5) is 28.1. The van der Waals surface area contributed by atoms with E-state index in [-0.39, 0.29) is 24.7 Å². The number of hydrogen-bond acceptors (Lipinski definition) is 6. The Hall–Kier alpha value is -3.75. The Bertz CT molecular complexity index is 989. The minimum Gasteiger partial charge on any atom is -0.495 e. The minimum atomic E-state index is -0.617. The predicted molar refractivity (Wildman–Crippen MR) is 97.2 cm³/mol. The molecule has 0 atom stereocenters. The number of carbonyl (C=O) groups excluding carboxylic acids is 2. The quantitative estimate of drug-likeness (QED) is 0.648. The Morgan fingerprint density at radius 2 is 2.00 bits per heavy atom. The van der Waals surface area contributed by atoms with E-state index < -0.39 is 17.6 Å². The van der Waals surface area contributed by atoms with Gasteiger partial charge in [-0.25, -0.2) is 4.39 Å². The molecule has 0 bridgehead atoms. The molecule has 9 heteroatoms. The standard InChI is InChI=1S/C19H17FN4O4/c1-27-15-8-3-2-7-14(15)22-17(25)10-16-23-19(28-24-16)18(26)21-11-12-5-4-6-13(20)9-12/h2-9H,10-11H2,1H3,(H,21,26)(H,22,25). The number of amides is 2. The monoisotopic (exact) mass is 384 g/mol. The maximum Gasteiger partial charge on any atom is 0.315 e. The average molecular weight is 384 g/mol. The van der Waals surface area contributed by atoms with Crippen LogP contribution in [0.25, 0.3) is 0 Å². The van der Waals surface area contributed by atoms with Gasteiger partial charge in [-0.05, 0) is 29.8 Å². The zero-order valence-electron chi connectivity index (χ0n) is 14.9. The van der Waals surface area contributed by atoms with Gasteiger partial charge >= 0.3 is 11.8 Å². The number of ether oxygens (including phenoxy) is 1. The van der Waals surface area contributed by atoms with Gasteiger partial charge in [0, 0.05) is 6.54 Å². The van der Waals surface area contributed by atoms with E-state index in [0.29, 0.717) is 17.0 Å². The van der Waals surface area contributed by atoms with E-state index in [1.54, 1.807) is 36.4 Å². The summed E-state index contributed by atoms with van der Waals surface area (Å²) in [6.45, 7) is 0.0998. The van der Waals surface area contributed by atoms with Crippen LogP contribution in [0.4, 0.5) is 10.1 Å². The molecular formula is C19H17FN4O4. The first-order valence-electron chi connectivity index (χ1n) is 8.33.